The van der Waals surface area contributed by atoms with Crippen LogP contribution in [0.3, 0.4) is 0 Å². The zero-order valence-corrected chi connectivity index (χ0v) is 14.0. The fraction of sp³-hybridized carbons (Fsp3) is 0.235. The van der Waals surface area contributed by atoms with Crippen LogP contribution in [0.15, 0.2) is 46.9 Å². The molecule has 1 heterocycles. The Morgan fingerprint density at radius 3 is 2.70 bits per heavy atom. The number of nitro benzene ring substituents is 1. The maximum absolute atomic E-state index is 12.5. The second-order valence-corrected chi connectivity index (χ2v) is 6.39. The topological polar surface area (TPSA) is 63.5 Å². The largest absolute Gasteiger partial charge is 0.306 e. The predicted molar refractivity (Wildman–Crippen MR) is 91.6 cm³/mol. The second-order valence-electron chi connectivity index (χ2n) is 5.47. The number of fused-ring (bicyclic) bond motifs is 1. The molecule has 6 heteroatoms. The van der Waals surface area contributed by atoms with E-state index in [1.165, 1.54) is 6.07 Å². The van der Waals surface area contributed by atoms with Crippen molar-refractivity contribution in [3.05, 3.63) is 68.2 Å². The van der Waals surface area contributed by atoms with E-state index in [0.29, 0.717) is 36.0 Å². The van der Waals surface area contributed by atoms with Gasteiger partial charge in [-0.3, -0.25) is 14.9 Å². The van der Waals surface area contributed by atoms with Crippen molar-refractivity contribution in [2.24, 2.45) is 0 Å². The van der Waals surface area contributed by atoms with Gasteiger partial charge in [-0.2, -0.15) is 0 Å². The highest BCUT2D eigenvalue weighted by atomic mass is 79.9. The predicted octanol–water partition coefficient (Wildman–Crippen LogP) is 3.88. The first-order chi connectivity index (χ1) is 11.1. The molecule has 23 heavy (non-hydrogen) atoms. The summed E-state index contributed by atoms with van der Waals surface area (Å²) in [7, 11) is 0. The number of hydrogen-bond acceptors (Lipinski definition) is 3. The summed E-state index contributed by atoms with van der Waals surface area (Å²) >= 11 is 3.29. The van der Waals surface area contributed by atoms with Crippen LogP contribution in [-0.4, -0.2) is 17.4 Å². The van der Waals surface area contributed by atoms with Gasteiger partial charge in [0.15, 0.2) is 0 Å². The summed E-state index contributed by atoms with van der Waals surface area (Å²) in [6.07, 6.45) is 1.62. The zero-order chi connectivity index (χ0) is 16.4. The molecule has 0 radical (unpaired) electrons. The number of benzene rings is 2. The van der Waals surface area contributed by atoms with Gasteiger partial charge in [0.2, 0.25) is 5.91 Å². The maximum atomic E-state index is 12.5. The van der Waals surface area contributed by atoms with Crippen LogP contribution in [0.5, 0.6) is 0 Å². The Labute approximate surface area is 142 Å². The van der Waals surface area contributed by atoms with E-state index in [0.717, 1.165) is 11.1 Å². The summed E-state index contributed by atoms with van der Waals surface area (Å²) in [6, 6.07) is 13.1. The van der Waals surface area contributed by atoms with Crippen LogP contribution in [0.1, 0.15) is 17.5 Å². The molecule has 0 aliphatic carbocycles. The highest BCUT2D eigenvalue weighted by molar-refractivity contribution is 9.10. The molecule has 0 saturated carbocycles. The number of anilines is 1. The summed E-state index contributed by atoms with van der Waals surface area (Å²) < 4.78 is 0.668. The van der Waals surface area contributed by atoms with E-state index in [1.54, 1.807) is 4.90 Å². The molecule has 2 aromatic carbocycles. The zero-order valence-electron chi connectivity index (χ0n) is 12.4. The molecule has 0 bridgehead atoms. The van der Waals surface area contributed by atoms with Gasteiger partial charge >= 0.3 is 0 Å². The number of nitro groups is 1. The quantitative estimate of drug-likeness (QED) is 0.602. The van der Waals surface area contributed by atoms with Crippen LogP contribution in [0, 0.1) is 10.1 Å². The molecule has 2 aromatic rings. The molecule has 118 valence electrons. The number of nitrogens with zero attached hydrogens (tertiary/aromatic N) is 2. The van der Waals surface area contributed by atoms with Gasteiger partial charge in [-0.05, 0) is 30.0 Å². The Morgan fingerprint density at radius 1 is 1.26 bits per heavy atom. The normalized spacial score (nSPS) is 13.0. The molecular formula is C17H15BrN2O3. The minimum atomic E-state index is -0.424. The smallest absolute Gasteiger partial charge is 0.294 e. The highest BCUT2D eigenvalue weighted by Crippen LogP contribution is 2.39. The molecular weight excluding hydrogens is 360 g/mol. The minimum absolute atomic E-state index is 0.0139. The van der Waals surface area contributed by atoms with Gasteiger partial charge in [-0.25, -0.2) is 0 Å². The summed E-state index contributed by atoms with van der Waals surface area (Å²) in [5.41, 5.74) is 2.38. The van der Waals surface area contributed by atoms with E-state index in [-0.39, 0.29) is 11.6 Å². The Hall–Kier alpha value is -2.21. The van der Waals surface area contributed by atoms with E-state index >= 15 is 0 Å². The van der Waals surface area contributed by atoms with Crippen LogP contribution < -0.4 is 4.90 Å². The lowest BCUT2D eigenvalue weighted by molar-refractivity contribution is -0.384. The van der Waals surface area contributed by atoms with E-state index in [1.807, 2.05) is 36.4 Å². The molecule has 0 N–H and O–H groups in total. The van der Waals surface area contributed by atoms with E-state index in [9.17, 15) is 14.9 Å². The molecule has 0 unspecified atom stereocenters. The van der Waals surface area contributed by atoms with E-state index in [4.69, 9.17) is 0 Å². The fourth-order valence-electron chi connectivity index (χ4n) is 2.91. The first-order valence-corrected chi connectivity index (χ1v) is 8.16. The standard InChI is InChI=1S/C17H15BrN2O3/c18-14-10-13-8-9-19(17(13)15(11-14)20(22)23)16(21)7-6-12-4-2-1-3-5-12/h1-5,10-11H,6-9H2. The van der Waals surface area contributed by atoms with Crippen molar-refractivity contribution in [3.63, 3.8) is 0 Å². The summed E-state index contributed by atoms with van der Waals surface area (Å²) in [5, 5.41) is 11.3. The van der Waals surface area contributed by atoms with Crippen LogP contribution in [0.2, 0.25) is 0 Å². The molecule has 0 atom stereocenters. The Kier molecular flexibility index (Phi) is 4.43. The Balaban J connectivity index is 1.81. The third-order valence-corrected chi connectivity index (χ3v) is 4.43. The number of carbonyl (C=O) groups excluding carboxylic acids is 1. The van der Waals surface area contributed by atoms with Crippen molar-refractivity contribution < 1.29 is 9.72 Å². The maximum Gasteiger partial charge on any atom is 0.294 e. The molecule has 0 aromatic heterocycles. The molecule has 0 fully saturated rings. The second kappa shape index (κ2) is 6.50. The number of aryl methyl sites for hydroxylation is 1. The Bertz CT molecular complexity index is 762. The number of hydrogen-bond donors (Lipinski definition) is 0. The molecule has 1 aliphatic heterocycles. The van der Waals surface area contributed by atoms with Crippen LogP contribution in [-0.2, 0) is 17.6 Å². The number of amides is 1. The van der Waals surface area contributed by atoms with Crippen molar-refractivity contribution in [3.8, 4) is 0 Å². The fourth-order valence-corrected chi connectivity index (χ4v) is 3.40. The minimum Gasteiger partial charge on any atom is -0.306 e. The average Bonchev–Trinajstić information content (AvgIpc) is 2.96. The number of halogens is 1. The van der Waals surface area contributed by atoms with E-state index < -0.39 is 4.92 Å². The lowest BCUT2D eigenvalue weighted by atomic mass is 10.1. The van der Waals surface area contributed by atoms with Crippen molar-refractivity contribution in [2.75, 3.05) is 11.4 Å². The molecule has 0 spiro atoms. The first-order valence-electron chi connectivity index (χ1n) is 7.37. The van der Waals surface area contributed by atoms with Gasteiger partial charge in [0.25, 0.3) is 5.69 Å². The van der Waals surface area contributed by atoms with Gasteiger partial charge < -0.3 is 4.90 Å². The van der Waals surface area contributed by atoms with Gasteiger partial charge in [-0.1, -0.05) is 46.3 Å². The highest BCUT2D eigenvalue weighted by Gasteiger charge is 2.32. The van der Waals surface area contributed by atoms with Gasteiger partial charge in [0.05, 0.1) is 4.92 Å². The van der Waals surface area contributed by atoms with Gasteiger partial charge in [0.1, 0.15) is 5.69 Å². The van der Waals surface area contributed by atoms with Crippen LogP contribution in [0.4, 0.5) is 11.4 Å². The van der Waals surface area contributed by atoms with Crippen molar-refractivity contribution in [2.45, 2.75) is 19.3 Å². The lowest BCUT2D eigenvalue weighted by Gasteiger charge is -2.17. The van der Waals surface area contributed by atoms with Crippen molar-refractivity contribution >= 4 is 33.2 Å². The molecule has 5 nitrogen and oxygen atoms in total. The third kappa shape index (κ3) is 3.27. The Morgan fingerprint density at radius 2 is 2.00 bits per heavy atom. The lowest BCUT2D eigenvalue weighted by Crippen LogP contribution is -2.29. The van der Waals surface area contributed by atoms with Crippen LogP contribution >= 0.6 is 15.9 Å². The number of carbonyl (C=O) groups is 1. The van der Waals surface area contributed by atoms with Crippen LogP contribution in [0.25, 0.3) is 0 Å². The molecule has 1 amide bonds. The van der Waals surface area contributed by atoms with Gasteiger partial charge in [-0.15, -0.1) is 0 Å². The van der Waals surface area contributed by atoms with E-state index in [2.05, 4.69) is 15.9 Å². The SMILES string of the molecule is O=C(CCc1ccccc1)N1CCc2cc(Br)cc([N+](=O)[O-])c21. The molecule has 0 saturated heterocycles. The summed E-state index contributed by atoms with van der Waals surface area (Å²) in [6.45, 7) is 0.500. The summed E-state index contributed by atoms with van der Waals surface area (Å²) in [5.74, 6) is -0.0713. The third-order valence-electron chi connectivity index (χ3n) is 3.98. The first kappa shape index (κ1) is 15.7. The molecule has 3 rings (SSSR count). The van der Waals surface area contributed by atoms with Crippen molar-refractivity contribution in [1.29, 1.82) is 0 Å². The monoisotopic (exact) mass is 374 g/mol. The number of rotatable bonds is 4. The van der Waals surface area contributed by atoms with Crippen molar-refractivity contribution in [1.82, 2.24) is 0 Å². The average molecular weight is 375 g/mol. The van der Waals surface area contributed by atoms with Gasteiger partial charge in [0, 0.05) is 23.5 Å². The summed E-state index contributed by atoms with van der Waals surface area (Å²) in [4.78, 5) is 25.0. The molecule has 1 aliphatic rings.